The minimum atomic E-state index is -1.40. The van der Waals surface area contributed by atoms with Crippen molar-refractivity contribution in [2.45, 2.75) is 52.7 Å². The number of aliphatic hydroxyl groups is 1. The van der Waals surface area contributed by atoms with Gasteiger partial charge in [0.15, 0.2) is 0 Å². The van der Waals surface area contributed by atoms with Crippen molar-refractivity contribution >= 4 is 5.97 Å². The normalized spacial score (nSPS) is 12.7. The molecule has 4 nitrogen and oxygen atoms in total. The molecule has 0 bridgehead atoms. The van der Waals surface area contributed by atoms with E-state index in [-0.39, 0.29) is 5.97 Å². The van der Waals surface area contributed by atoms with Gasteiger partial charge in [-0.05, 0) is 33.2 Å². The monoisotopic (exact) mass is 217 g/mol. The van der Waals surface area contributed by atoms with Crippen LogP contribution in [0.2, 0.25) is 0 Å². The topological polar surface area (TPSA) is 72.5 Å². The van der Waals surface area contributed by atoms with Gasteiger partial charge in [0, 0.05) is 13.8 Å². The number of hydrogen-bond acceptors (Lipinski definition) is 4. The molecular weight excluding hydrogens is 194 g/mol. The summed E-state index contributed by atoms with van der Waals surface area (Å²) in [6, 6.07) is 0. The molecule has 0 radical (unpaired) electrons. The minimum Gasteiger partial charge on any atom is -0.433 e. The Morgan fingerprint density at radius 3 is 2.20 bits per heavy atom. The van der Waals surface area contributed by atoms with Gasteiger partial charge in [-0.1, -0.05) is 6.42 Å². The number of rotatable bonds is 6. The van der Waals surface area contributed by atoms with Crippen LogP contribution >= 0.6 is 0 Å². The molecule has 0 heterocycles. The third-order valence-electron chi connectivity index (χ3n) is 2.15. The Kier molecular flexibility index (Phi) is 5.24. The Morgan fingerprint density at radius 1 is 1.27 bits per heavy atom. The fourth-order valence-corrected chi connectivity index (χ4v) is 1.18. The molecule has 0 rings (SSSR count). The molecule has 0 aliphatic heterocycles. The van der Waals surface area contributed by atoms with Gasteiger partial charge >= 0.3 is 5.97 Å². The predicted octanol–water partition coefficient (Wildman–Crippen LogP) is 1.41. The highest BCUT2D eigenvalue weighted by molar-refractivity contribution is 5.76. The predicted molar refractivity (Wildman–Crippen MR) is 59.1 cm³/mol. The van der Waals surface area contributed by atoms with E-state index in [0.29, 0.717) is 6.54 Å². The number of hydrogen-bond donors (Lipinski definition) is 2. The summed E-state index contributed by atoms with van der Waals surface area (Å²) < 4.78 is 4.92. The summed E-state index contributed by atoms with van der Waals surface area (Å²) >= 11 is 0. The average molecular weight is 217 g/mol. The van der Waals surface area contributed by atoms with E-state index in [0.717, 1.165) is 19.3 Å². The summed E-state index contributed by atoms with van der Waals surface area (Å²) in [6.07, 6.45) is 2.52. The molecule has 4 heteroatoms. The smallest absolute Gasteiger partial charge is 0.313 e. The van der Waals surface area contributed by atoms with Crippen LogP contribution in [-0.4, -0.2) is 23.4 Å². The highest BCUT2D eigenvalue weighted by Crippen LogP contribution is 2.26. The molecule has 0 atom stereocenters. The first-order chi connectivity index (χ1) is 6.69. The van der Waals surface area contributed by atoms with Crippen molar-refractivity contribution in [1.82, 2.24) is 0 Å². The van der Waals surface area contributed by atoms with Gasteiger partial charge in [0.25, 0.3) is 0 Å². The number of ether oxygens (including phenoxy) is 1. The Hall–Kier alpha value is -0.610. The number of carbonyl (C=O) groups is 1. The highest BCUT2D eigenvalue weighted by atomic mass is 16.7. The SMILES string of the molecule is CC(C)(O)OC(=O)C(C)(C)CCCCN. The molecule has 0 aromatic heterocycles. The molecule has 0 saturated carbocycles. The van der Waals surface area contributed by atoms with Crippen molar-refractivity contribution in [3.8, 4) is 0 Å². The Labute approximate surface area is 91.8 Å². The maximum absolute atomic E-state index is 11.7. The molecule has 0 amide bonds. The summed E-state index contributed by atoms with van der Waals surface area (Å²) in [6.45, 7) is 7.16. The van der Waals surface area contributed by atoms with E-state index in [2.05, 4.69) is 0 Å². The molecule has 90 valence electrons. The summed E-state index contributed by atoms with van der Waals surface area (Å²) in [4.78, 5) is 11.7. The molecule has 3 N–H and O–H groups in total. The van der Waals surface area contributed by atoms with E-state index in [9.17, 15) is 9.90 Å². The first-order valence-electron chi connectivity index (χ1n) is 5.35. The number of nitrogens with two attached hydrogens (primary N) is 1. The van der Waals surface area contributed by atoms with Crippen molar-refractivity contribution in [3.05, 3.63) is 0 Å². The maximum atomic E-state index is 11.7. The fourth-order valence-electron chi connectivity index (χ4n) is 1.18. The van der Waals surface area contributed by atoms with Crippen molar-refractivity contribution < 1.29 is 14.6 Å². The van der Waals surface area contributed by atoms with Crippen LogP contribution in [0.1, 0.15) is 47.0 Å². The number of esters is 1. The van der Waals surface area contributed by atoms with Crippen molar-refractivity contribution in [1.29, 1.82) is 0 Å². The molecule has 0 aromatic rings. The summed E-state index contributed by atoms with van der Waals surface area (Å²) in [5, 5.41) is 9.36. The van der Waals surface area contributed by atoms with Crippen molar-refractivity contribution in [3.63, 3.8) is 0 Å². The first-order valence-corrected chi connectivity index (χ1v) is 5.35. The van der Waals surface area contributed by atoms with Crippen LogP contribution in [0.4, 0.5) is 0 Å². The molecule has 0 aromatic carbocycles. The Bertz CT molecular complexity index is 206. The van der Waals surface area contributed by atoms with Gasteiger partial charge in [-0.3, -0.25) is 4.79 Å². The van der Waals surface area contributed by atoms with Crippen LogP contribution in [0.3, 0.4) is 0 Å². The molecule has 0 spiro atoms. The Morgan fingerprint density at radius 2 is 1.80 bits per heavy atom. The number of carbonyl (C=O) groups excluding carboxylic acids is 1. The second-order valence-electron chi connectivity index (χ2n) is 4.97. The molecule has 0 aliphatic carbocycles. The summed E-state index contributed by atoms with van der Waals surface area (Å²) in [5.74, 6) is -1.77. The third-order valence-corrected chi connectivity index (χ3v) is 2.15. The van der Waals surface area contributed by atoms with Crippen molar-refractivity contribution in [2.75, 3.05) is 6.54 Å². The quantitative estimate of drug-likeness (QED) is 0.401. The van der Waals surface area contributed by atoms with Gasteiger partial charge in [0.2, 0.25) is 5.79 Å². The van der Waals surface area contributed by atoms with Crippen LogP contribution < -0.4 is 5.73 Å². The van der Waals surface area contributed by atoms with Gasteiger partial charge in [-0.25, -0.2) is 0 Å². The second-order valence-corrected chi connectivity index (χ2v) is 4.97. The lowest BCUT2D eigenvalue weighted by molar-refractivity contribution is -0.204. The zero-order valence-corrected chi connectivity index (χ0v) is 10.2. The van der Waals surface area contributed by atoms with Crippen LogP contribution in [0, 0.1) is 5.41 Å². The molecule has 0 fully saturated rings. The van der Waals surface area contributed by atoms with E-state index < -0.39 is 11.2 Å². The standard InChI is InChI=1S/C11H23NO3/c1-10(2,7-5-6-8-12)9(13)15-11(3,4)14/h14H,5-8,12H2,1-4H3. The van der Waals surface area contributed by atoms with E-state index in [1.807, 2.05) is 13.8 Å². The molecule has 0 saturated heterocycles. The van der Waals surface area contributed by atoms with Gasteiger partial charge < -0.3 is 15.6 Å². The highest BCUT2D eigenvalue weighted by Gasteiger charge is 2.32. The number of unbranched alkanes of at least 4 members (excludes halogenated alkanes) is 1. The average Bonchev–Trinajstić information content (AvgIpc) is 2.01. The van der Waals surface area contributed by atoms with Gasteiger partial charge in [0.1, 0.15) is 0 Å². The summed E-state index contributed by atoms with van der Waals surface area (Å²) in [7, 11) is 0. The third kappa shape index (κ3) is 6.47. The molecule has 0 aliphatic rings. The van der Waals surface area contributed by atoms with Gasteiger partial charge in [0.05, 0.1) is 5.41 Å². The fraction of sp³-hybridized carbons (Fsp3) is 0.909. The maximum Gasteiger partial charge on any atom is 0.313 e. The van der Waals surface area contributed by atoms with Crippen LogP contribution in [-0.2, 0) is 9.53 Å². The molecular formula is C11H23NO3. The van der Waals surface area contributed by atoms with Gasteiger partial charge in [-0.2, -0.15) is 0 Å². The lowest BCUT2D eigenvalue weighted by atomic mass is 9.87. The lowest BCUT2D eigenvalue weighted by Crippen LogP contribution is -2.35. The summed E-state index contributed by atoms with van der Waals surface area (Å²) in [5.41, 5.74) is 4.82. The zero-order chi connectivity index (χ0) is 12.1. The molecule has 15 heavy (non-hydrogen) atoms. The van der Waals surface area contributed by atoms with Crippen molar-refractivity contribution in [2.24, 2.45) is 11.1 Å². The van der Waals surface area contributed by atoms with Gasteiger partial charge in [-0.15, -0.1) is 0 Å². The van der Waals surface area contributed by atoms with E-state index in [1.54, 1.807) is 0 Å². The van der Waals surface area contributed by atoms with E-state index in [4.69, 9.17) is 10.5 Å². The van der Waals surface area contributed by atoms with Crippen LogP contribution in [0.5, 0.6) is 0 Å². The first kappa shape index (κ1) is 14.4. The molecule has 0 unspecified atom stereocenters. The minimum absolute atomic E-state index is 0.368. The van der Waals surface area contributed by atoms with Crippen LogP contribution in [0.25, 0.3) is 0 Å². The second kappa shape index (κ2) is 5.47. The zero-order valence-electron chi connectivity index (χ0n) is 10.2. The Balaban J connectivity index is 4.14. The van der Waals surface area contributed by atoms with Crippen LogP contribution in [0.15, 0.2) is 0 Å². The largest absolute Gasteiger partial charge is 0.433 e. The lowest BCUT2D eigenvalue weighted by Gasteiger charge is -2.27. The van der Waals surface area contributed by atoms with E-state index >= 15 is 0 Å². The van der Waals surface area contributed by atoms with E-state index in [1.165, 1.54) is 13.8 Å².